The summed E-state index contributed by atoms with van der Waals surface area (Å²) in [4.78, 5) is 0. The van der Waals surface area contributed by atoms with Crippen molar-refractivity contribution in [1.82, 2.24) is 11.0 Å². The summed E-state index contributed by atoms with van der Waals surface area (Å²) in [6.07, 6.45) is 9.27. The van der Waals surface area contributed by atoms with Gasteiger partial charge in [-0.1, -0.05) is 76.6 Å². The summed E-state index contributed by atoms with van der Waals surface area (Å²) in [7, 11) is 0. The molecule has 0 aliphatic carbocycles. The molecular weight excluding hydrogens is 404 g/mol. The number of hydroxylamine groups is 2. The molecule has 2 aromatic rings. The van der Waals surface area contributed by atoms with Crippen LogP contribution in [-0.2, 0) is 0 Å². The highest BCUT2D eigenvalue weighted by Crippen LogP contribution is 2.30. The molecule has 178 valence electrons. The van der Waals surface area contributed by atoms with Gasteiger partial charge in [-0.3, -0.25) is 0 Å². The van der Waals surface area contributed by atoms with Crippen LogP contribution >= 0.6 is 0 Å². The summed E-state index contributed by atoms with van der Waals surface area (Å²) >= 11 is 0. The fraction of sp³-hybridized carbons (Fsp3) is 0.538. The van der Waals surface area contributed by atoms with Crippen molar-refractivity contribution in [2.75, 3.05) is 13.2 Å². The van der Waals surface area contributed by atoms with E-state index in [9.17, 15) is 10.4 Å². The number of benzene rings is 2. The minimum atomic E-state index is -0.653. The van der Waals surface area contributed by atoms with E-state index in [-0.39, 0.29) is 0 Å². The van der Waals surface area contributed by atoms with Gasteiger partial charge in [-0.25, -0.2) is 0 Å². The van der Waals surface area contributed by atoms with Crippen molar-refractivity contribution in [3.8, 4) is 11.5 Å². The standard InChI is InChI=1S/C26H39N2O4/c1-3-5-7-9-19-31-23-15-11-21(12-16-23)25(27-29)26(28-30)22-13-17-24(18-14-22)32-20-10-8-6-4-2/h11-18,25-29H,3-10,19-20H2,1-2H3/q-1. The lowest BCUT2D eigenvalue weighted by Gasteiger charge is -2.30. The zero-order valence-electron chi connectivity index (χ0n) is 19.5. The number of unbranched alkanes of at least 4 members (excludes halogenated alkanes) is 6. The van der Waals surface area contributed by atoms with Crippen molar-refractivity contribution in [1.29, 1.82) is 0 Å². The van der Waals surface area contributed by atoms with Crippen LogP contribution in [0.4, 0.5) is 0 Å². The SMILES string of the molecule is CCCCCCOc1ccc(C(N[O-])C(NO)c2ccc(OCCCCCC)cc2)cc1. The summed E-state index contributed by atoms with van der Waals surface area (Å²) in [5, 5.41) is 21.6. The molecule has 2 aromatic carbocycles. The van der Waals surface area contributed by atoms with Crippen LogP contribution < -0.4 is 20.4 Å². The fourth-order valence-corrected chi connectivity index (χ4v) is 3.65. The van der Waals surface area contributed by atoms with E-state index in [1.165, 1.54) is 38.5 Å². The molecule has 0 saturated heterocycles. The van der Waals surface area contributed by atoms with Crippen LogP contribution in [0.1, 0.15) is 88.4 Å². The molecule has 2 unspecified atom stereocenters. The molecule has 0 heterocycles. The number of rotatable bonds is 17. The van der Waals surface area contributed by atoms with E-state index in [2.05, 4.69) is 24.8 Å². The molecule has 3 N–H and O–H groups in total. The maximum atomic E-state index is 11.8. The van der Waals surface area contributed by atoms with Crippen molar-refractivity contribution >= 4 is 0 Å². The van der Waals surface area contributed by atoms with E-state index < -0.39 is 12.1 Å². The number of hydrogen-bond acceptors (Lipinski definition) is 6. The molecular formula is C26H39N2O4-. The molecule has 0 aliphatic rings. The lowest BCUT2D eigenvalue weighted by molar-refractivity contribution is 0.109. The van der Waals surface area contributed by atoms with Crippen LogP contribution in [0.2, 0.25) is 0 Å². The van der Waals surface area contributed by atoms with Crippen LogP contribution in [0.5, 0.6) is 11.5 Å². The largest absolute Gasteiger partial charge is 0.787 e. The quantitative estimate of drug-likeness (QED) is 0.192. The molecule has 0 bridgehead atoms. The van der Waals surface area contributed by atoms with Crippen LogP contribution in [0.3, 0.4) is 0 Å². The van der Waals surface area contributed by atoms with Gasteiger partial charge in [0.15, 0.2) is 0 Å². The minimum absolute atomic E-state index is 0.605. The number of ether oxygens (including phenoxy) is 2. The van der Waals surface area contributed by atoms with Crippen LogP contribution in [0.15, 0.2) is 48.5 Å². The number of nitrogens with one attached hydrogen (secondary N) is 2. The van der Waals surface area contributed by atoms with Gasteiger partial charge in [-0.05, 0) is 48.2 Å². The maximum absolute atomic E-state index is 11.8. The van der Waals surface area contributed by atoms with E-state index in [4.69, 9.17) is 9.47 Å². The molecule has 0 fully saturated rings. The molecule has 0 spiro atoms. The van der Waals surface area contributed by atoms with E-state index >= 15 is 0 Å². The Bertz CT molecular complexity index is 658. The van der Waals surface area contributed by atoms with E-state index in [1.54, 1.807) is 0 Å². The van der Waals surface area contributed by atoms with Crippen molar-refractivity contribution in [2.24, 2.45) is 0 Å². The molecule has 6 heteroatoms. The molecule has 0 aromatic heterocycles. The Kier molecular flexibility index (Phi) is 12.8. The van der Waals surface area contributed by atoms with Crippen LogP contribution in [0, 0.1) is 5.21 Å². The summed E-state index contributed by atoms with van der Waals surface area (Å²) in [5.74, 6) is 1.57. The van der Waals surface area contributed by atoms with Gasteiger partial charge in [0.2, 0.25) is 0 Å². The second-order valence-electron chi connectivity index (χ2n) is 8.16. The Labute approximate surface area is 192 Å². The van der Waals surface area contributed by atoms with E-state index in [0.29, 0.717) is 13.2 Å². The zero-order chi connectivity index (χ0) is 23.0. The van der Waals surface area contributed by atoms with Gasteiger partial charge in [0.05, 0.1) is 19.3 Å². The van der Waals surface area contributed by atoms with Crippen molar-refractivity contribution < 1.29 is 14.7 Å². The molecule has 32 heavy (non-hydrogen) atoms. The Hall–Kier alpha value is -2.12. The maximum Gasteiger partial charge on any atom is 0.119 e. The Morgan fingerprint density at radius 3 is 1.50 bits per heavy atom. The molecule has 2 rings (SSSR count). The molecule has 0 radical (unpaired) electrons. The van der Waals surface area contributed by atoms with Gasteiger partial charge in [0, 0.05) is 6.04 Å². The van der Waals surface area contributed by atoms with Gasteiger partial charge >= 0.3 is 0 Å². The Balaban J connectivity index is 1.94. The lowest BCUT2D eigenvalue weighted by atomic mass is 9.94. The predicted molar refractivity (Wildman–Crippen MR) is 129 cm³/mol. The third kappa shape index (κ3) is 8.79. The van der Waals surface area contributed by atoms with Gasteiger partial charge in [0.1, 0.15) is 11.5 Å². The van der Waals surface area contributed by atoms with Crippen molar-refractivity contribution in [3.63, 3.8) is 0 Å². The van der Waals surface area contributed by atoms with Gasteiger partial charge in [-0.2, -0.15) is 5.48 Å². The summed E-state index contributed by atoms with van der Waals surface area (Å²) in [5.41, 5.74) is 5.92. The van der Waals surface area contributed by atoms with Crippen molar-refractivity contribution in [2.45, 2.75) is 77.3 Å². The molecule has 6 nitrogen and oxygen atoms in total. The molecule has 0 amide bonds. The number of hydrogen-bond donors (Lipinski definition) is 3. The first-order valence-corrected chi connectivity index (χ1v) is 12.0. The first kappa shape index (κ1) is 26.1. The second kappa shape index (κ2) is 15.6. The van der Waals surface area contributed by atoms with E-state index in [1.807, 2.05) is 48.5 Å². The monoisotopic (exact) mass is 443 g/mol. The highest BCUT2D eigenvalue weighted by Gasteiger charge is 2.22. The average molecular weight is 444 g/mol. The molecule has 0 aliphatic heterocycles. The normalized spacial score (nSPS) is 13.0. The third-order valence-corrected chi connectivity index (χ3v) is 5.61. The lowest BCUT2D eigenvalue weighted by Crippen LogP contribution is -2.31. The predicted octanol–water partition coefficient (Wildman–Crippen LogP) is 6.45. The third-order valence-electron chi connectivity index (χ3n) is 5.61. The zero-order valence-corrected chi connectivity index (χ0v) is 19.5. The first-order chi connectivity index (χ1) is 15.7. The topological polar surface area (TPSA) is 85.8 Å². The highest BCUT2D eigenvalue weighted by atomic mass is 16.5. The summed E-state index contributed by atoms with van der Waals surface area (Å²) in [6, 6.07) is 13.7. The first-order valence-electron chi connectivity index (χ1n) is 12.0. The average Bonchev–Trinajstić information content (AvgIpc) is 2.83. The Morgan fingerprint density at radius 2 is 1.12 bits per heavy atom. The summed E-state index contributed by atoms with van der Waals surface area (Å²) in [6.45, 7) is 5.76. The minimum Gasteiger partial charge on any atom is -0.787 e. The van der Waals surface area contributed by atoms with Crippen LogP contribution in [0.25, 0.3) is 0 Å². The molecule has 2 atom stereocenters. The second-order valence-corrected chi connectivity index (χ2v) is 8.16. The fourth-order valence-electron chi connectivity index (χ4n) is 3.65. The van der Waals surface area contributed by atoms with Gasteiger partial charge < -0.3 is 25.4 Å². The van der Waals surface area contributed by atoms with Crippen LogP contribution in [-0.4, -0.2) is 18.4 Å². The Morgan fingerprint density at radius 1 is 0.688 bits per heavy atom. The van der Waals surface area contributed by atoms with E-state index in [0.717, 1.165) is 35.5 Å². The smallest absolute Gasteiger partial charge is 0.119 e. The summed E-state index contributed by atoms with van der Waals surface area (Å²) < 4.78 is 11.6. The van der Waals surface area contributed by atoms with Gasteiger partial charge in [-0.15, -0.1) is 0 Å². The molecule has 0 saturated carbocycles. The van der Waals surface area contributed by atoms with Gasteiger partial charge in [0.25, 0.3) is 0 Å². The highest BCUT2D eigenvalue weighted by molar-refractivity contribution is 5.34. The van der Waals surface area contributed by atoms with Crippen molar-refractivity contribution in [3.05, 3.63) is 64.9 Å².